The Labute approximate surface area is 251 Å². The number of hydrogen-bond acceptors (Lipinski definition) is 3. The molecule has 0 aliphatic rings. The van der Waals surface area contributed by atoms with E-state index in [4.69, 9.17) is 0 Å². The molecule has 5 rings (SSSR count). The molecule has 213 valence electrons. The third-order valence-corrected chi connectivity index (χ3v) is 9.12. The molecule has 0 aliphatic heterocycles. The Hall–Kier alpha value is -3.01. The standard InChI is InChI=1S/C20H13N2.C15H28O2.Ir/c1-13-15-7-3-2-6-14(15)12-17-19(13)16-8-4-5-9-18(16)22-11-10-21-20(17)22;1-7-14(5,8-2)12(16)11-13(17)15(6,9-3)10-4;/h2-11H,1H3;11,16H,7-10H2,1-6H3;/q-1;;/b;12-11-;. The average molecular weight is 714 g/mol. The van der Waals surface area contributed by atoms with Crippen molar-refractivity contribution in [1.29, 1.82) is 0 Å². The zero-order chi connectivity index (χ0) is 28.4. The van der Waals surface area contributed by atoms with Crippen molar-refractivity contribution in [2.24, 2.45) is 10.8 Å². The number of carbonyl (C=O) groups is 1. The molecule has 0 spiro atoms. The first kappa shape index (κ1) is 31.5. The predicted octanol–water partition coefficient (Wildman–Crippen LogP) is 9.55. The first-order valence-corrected chi connectivity index (χ1v) is 14.2. The van der Waals surface area contributed by atoms with Crippen LogP contribution in [0.4, 0.5) is 0 Å². The van der Waals surface area contributed by atoms with Crippen molar-refractivity contribution in [2.45, 2.75) is 74.1 Å². The van der Waals surface area contributed by atoms with Gasteiger partial charge in [-0.2, -0.15) is 0 Å². The van der Waals surface area contributed by atoms with Crippen molar-refractivity contribution in [1.82, 2.24) is 9.38 Å². The Morgan fingerprint density at radius 1 is 0.925 bits per heavy atom. The smallest absolute Gasteiger partial charge is 0.164 e. The van der Waals surface area contributed by atoms with E-state index >= 15 is 0 Å². The van der Waals surface area contributed by atoms with Crippen LogP contribution >= 0.6 is 0 Å². The van der Waals surface area contributed by atoms with Gasteiger partial charge in [0.2, 0.25) is 0 Å². The molecule has 1 N–H and O–H groups in total. The van der Waals surface area contributed by atoms with Gasteiger partial charge in [0.15, 0.2) is 5.78 Å². The van der Waals surface area contributed by atoms with Gasteiger partial charge in [0, 0.05) is 54.9 Å². The van der Waals surface area contributed by atoms with E-state index in [0.717, 1.165) is 42.1 Å². The SMILES string of the molecule is CCC(C)(CC)C(=O)/C=C(\O)C(C)(CC)CC.Cc1c2ccccc2[c-]c2c1c1ccccc1n1ccnc21.[Ir]. The molecule has 40 heavy (non-hydrogen) atoms. The van der Waals surface area contributed by atoms with Gasteiger partial charge in [-0.25, -0.2) is 0 Å². The van der Waals surface area contributed by atoms with Crippen LogP contribution in [0.15, 0.2) is 72.8 Å². The molecule has 0 amide bonds. The minimum atomic E-state index is -0.337. The zero-order valence-corrected chi connectivity index (χ0v) is 27.2. The third kappa shape index (κ3) is 5.60. The summed E-state index contributed by atoms with van der Waals surface area (Å²) in [6.07, 6.45) is 8.64. The quantitative estimate of drug-likeness (QED) is 0.0601. The van der Waals surface area contributed by atoms with Crippen molar-refractivity contribution < 1.29 is 30.0 Å². The number of fused-ring (bicyclic) bond motifs is 7. The minimum Gasteiger partial charge on any atom is -0.512 e. The molecule has 0 fully saturated rings. The molecular weight excluding hydrogens is 673 g/mol. The summed E-state index contributed by atoms with van der Waals surface area (Å²) in [4.78, 5) is 16.8. The molecule has 0 aliphatic carbocycles. The van der Waals surface area contributed by atoms with Crippen LogP contribution < -0.4 is 0 Å². The molecule has 4 nitrogen and oxygen atoms in total. The second kappa shape index (κ2) is 12.7. The number of imidazole rings is 1. The Kier molecular flexibility index (Phi) is 9.98. The van der Waals surface area contributed by atoms with Crippen LogP contribution in [0.3, 0.4) is 0 Å². The van der Waals surface area contributed by atoms with E-state index in [-0.39, 0.29) is 42.5 Å². The van der Waals surface area contributed by atoms with Crippen LogP contribution in [0, 0.1) is 23.8 Å². The number of hydrogen-bond donors (Lipinski definition) is 1. The van der Waals surface area contributed by atoms with Crippen LogP contribution in [0.1, 0.15) is 72.8 Å². The number of aromatic nitrogens is 2. The second-order valence-corrected chi connectivity index (χ2v) is 11.1. The van der Waals surface area contributed by atoms with E-state index in [1.165, 1.54) is 33.3 Å². The van der Waals surface area contributed by atoms with Gasteiger partial charge in [0.1, 0.15) is 5.76 Å². The molecular formula is C35H41IrN2O2-. The summed E-state index contributed by atoms with van der Waals surface area (Å²) in [5.41, 5.74) is 2.86. The van der Waals surface area contributed by atoms with Gasteiger partial charge in [-0.05, 0) is 37.1 Å². The predicted molar refractivity (Wildman–Crippen MR) is 164 cm³/mol. The van der Waals surface area contributed by atoms with Crippen molar-refractivity contribution in [3.05, 3.63) is 84.4 Å². The Balaban J connectivity index is 0.000000225. The van der Waals surface area contributed by atoms with E-state index in [2.05, 4.69) is 70.9 Å². The van der Waals surface area contributed by atoms with E-state index < -0.39 is 0 Å². The molecule has 0 saturated heterocycles. The van der Waals surface area contributed by atoms with Gasteiger partial charge in [0.25, 0.3) is 0 Å². The number of benzene rings is 3. The Morgan fingerprint density at radius 2 is 1.50 bits per heavy atom. The molecule has 5 heteroatoms. The molecule has 0 saturated carbocycles. The number of nitrogens with zero attached hydrogens (tertiary/aromatic N) is 2. The van der Waals surface area contributed by atoms with Crippen molar-refractivity contribution >= 4 is 43.9 Å². The van der Waals surface area contributed by atoms with Crippen LogP contribution in [-0.2, 0) is 24.9 Å². The van der Waals surface area contributed by atoms with Gasteiger partial charge < -0.3 is 9.51 Å². The Bertz CT molecular complexity index is 1670. The third-order valence-electron chi connectivity index (χ3n) is 9.12. The van der Waals surface area contributed by atoms with Gasteiger partial charge >= 0.3 is 0 Å². The van der Waals surface area contributed by atoms with E-state index in [1.54, 1.807) is 0 Å². The first-order valence-electron chi connectivity index (χ1n) is 14.2. The fraction of sp³-hybridized carbons (Fsp3) is 0.371. The monoisotopic (exact) mass is 714 g/mol. The second-order valence-electron chi connectivity index (χ2n) is 11.1. The number of para-hydroxylation sites is 1. The summed E-state index contributed by atoms with van der Waals surface area (Å²) in [6.45, 7) is 14.3. The summed E-state index contributed by atoms with van der Waals surface area (Å²) in [5, 5.41) is 16.1. The maximum atomic E-state index is 12.2. The minimum absolute atomic E-state index is 0. The maximum Gasteiger partial charge on any atom is 0.164 e. The van der Waals surface area contributed by atoms with E-state index in [0.29, 0.717) is 0 Å². The fourth-order valence-electron chi connectivity index (χ4n) is 5.20. The van der Waals surface area contributed by atoms with Crippen LogP contribution in [0.2, 0.25) is 0 Å². The van der Waals surface area contributed by atoms with Crippen molar-refractivity contribution in [3.63, 3.8) is 0 Å². The van der Waals surface area contributed by atoms with Crippen molar-refractivity contribution in [3.8, 4) is 0 Å². The molecule has 0 unspecified atom stereocenters. The van der Waals surface area contributed by atoms with Crippen molar-refractivity contribution in [2.75, 3.05) is 0 Å². The molecule has 1 radical (unpaired) electrons. The van der Waals surface area contributed by atoms with E-state index in [9.17, 15) is 9.90 Å². The van der Waals surface area contributed by atoms with Gasteiger partial charge in [-0.1, -0.05) is 101 Å². The fourth-order valence-corrected chi connectivity index (χ4v) is 5.20. The molecule has 2 heterocycles. The Morgan fingerprint density at radius 3 is 2.12 bits per heavy atom. The van der Waals surface area contributed by atoms with Gasteiger partial charge in [-0.15, -0.1) is 23.1 Å². The number of aliphatic hydroxyl groups is 1. The average Bonchev–Trinajstić information content (AvgIpc) is 3.47. The molecule has 5 aromatic rings. The number of carbonyl (C=O) groups excluding carboxylic acids is 1. The number of pyridine rings is 1. The number of aryl methyl sites for hydroxylation is 1. The zero-order valence-electron chi connectivity index (χ0n) is 24.8. The number of aliphatic hydroxyl groups excluding tert-OH is 1. The molecule has 2 aromatic heterocycles. The van der Waals surface area contributed by atoms with Crippen LogP contribution in [0.5, 0.6) is 0 Å². The maximum absolute atomic E-state index is 12.2. The summed E-state index contributed by atoms with van der Waals surface area (Å²) in [7, 11) is 0. The van der Waals surface area contributed by atoms with Crippen LogP contribution in [-0.4, -0.2) is 20.3 Å². The van der Waals surface area contributed by atoms with Gasteiger partial charge in [0.05, 0.1) is 5.65 Å². The summed E-state index contributed by atoms with van der Waals surface area (Å²) in [5.74, 6) is 0.286. The molecule has 0 atom stereocenters. The molecule has 0 bridgehead atoms. The summed E-state index contributed by atoms with van der Waals surface area (Å²) < 4.78 is 2.16. The number of rotatable bonds is 7. The topological polar surface area (TPSA) is 54.6 Å². The van der Waals surface area contributed by atoms with Gasteiger partial charge in [-0.3, -0.25) is 9.78 Å². The van der Waals surface area contributed by atoms with Crippen LogP contribution in [0.25, 0.3) is 38.1 Å². The largest absolute Gasteiger partial charge is 0.512 e. The number of ketones is 1. The first-order chi connectivity index (χ1) is 18.6. The van der Waals surface area contributed by atoms with E-state index in [1.807, 2.05) is 53.9 Å². The summed E-state index contributed by atoms with van der Waals surface area (Å²) in [6, 6.07) is 20.5. The summed E-state index contributed by atoms with van der Waals surface area (Å²) >= 11 is 0. The number of allylic oxidation sites excluding steroid dienone is 2. The normalized spacial score (nSPS) is 12.4. The molecule has 3 aromatic carbocycles.